The predicted octanol–water partition coefficient (Wildman–Crippen LogP) is 0.648. The lowest BCUT2D eigenvalue weighted by Crippen LogP contribution is -2.30. The molecule has 1 aliphatic carbocycles. The van der Waals surface area contributed by atoms with Gasteiger partial charge in [-0.05, 0) is 19.9 Å². The summed E-state index contributed by atoms with van der Waals surface area (Å²) in [6, 6.07) is 0.772. The average Bonchev–Trinajstić information content (AvgIpc) is 3.07. The molecular formula is C12H21N5. The zero-order valence-electron chi connectivity index (χ0n) is 10.5. The highest BCUT2D eigenvalue weighted by Crippen LogP contribution is 2.26. The van der Waals surface area contributed by atoms with E-state index in [1.165, 1.54) is 12.8 Å². The van der Waals surface area contributed by atoms with Crippen LogP contribution in [-0.4, -0.2) is 46.1 Å². The van der Waals surface area contributed by atoms with E-state index in [-0.39, 0.29) is 0 Å². The monoisotopic (exact) mass is 235 g/mol. The van der Waals surface area contributed by atoms with Crippen molar-refractivity contribution in [2.24, 2.45) is 0 Å². The van der Waals surface area contributed by atoms with Crippen molar-refractivity contribution in [3.63, 3.8) is 0 Å². The molecule has 1 aromatic rings. The van der Waals surface area contributed by atoms with Gasteiger partial charge in [-0.2, -0.15) is 0 Å². The van der Waals surface area contributed by atoms with Crippen LogP contribution in [0.5, 0.6) is 0 Å². The number of nitrogens with one attached hydrogen (secondary N) is 1. The summed E-state index contributed by atoms with van der Waals surface area (Å²) in [4.78, 5) is 2.46. The smallest absolute Gasteiger partial charge is 0.0964 e. The lowest BCUT2D eigenvalue weighted by atomic mass is 10.4. The molecular weight excluding hydrogens is 214 g/mol. The predicted molar refractivity (Wildman–Crippen MR) is 67.6 cm³/mol. The van der Waals surface area contributed by atoms with Gasteiger partial charge in [0.2, 0.25) is 0 Å². The van der Waals surface area contributed by atoms with Crippen LogP contribution in [0.15, 0.2) is 18.9 Å². The summed E-state index contributed by atoms with van der Waals surface area (Å²) in [6.45, 7) is 7.49. The molecule has 1 aromatic heterocycles. The first-order valence-corrected chi connectivity index (χ1v) is 6.22. The molecule has 1 N–H and O–H groups in total. The summed E-state index contributed by atoms with van der Waals surface area (Å²) in [6.07, 6.45) is 6.65. The van der Waals surface area contributed by atoms with Crippen molar-refractivity contribution >= 4 is 0 Å². The SMILES string of the molecule is C=CCN(CCn1cc(CNC)nn1)C1CC1. The van der Waals surface area contributed by atoms with Crippen LogP contribution < -0.4 is 5.32 Å². The third-order valence-electron chi connectivity index (χ3n) is 2.99. The van der Waals surface area contributed by atoms with E-state index in [0.29, 0.717) is 0 Å². The number of rotatable bonds is 8. The summed E-state index contributed by atoms with van der Waals surface area (Å²) >= 11 is 0. The van der Waals surface area contributed by atoms with Gasteiger partial charge in [-0.25, -0.2) is 0 Å². The maximum absolute atomic E-state index is 4.12. The molecule has 1 aliphatic rings. The van der Waals surface area contributed by atoms with E-state index in [0.717, 1.165) is 37.9 Å². The Morgan fingerprint density at radius 2 is 2.47 bits per heavy atom. The summed E-state index contributed by atoms with van der Waals surface area (Å²) in [5.74, 6) is 0. The van der Waals surface area contributed by atoms with Gasteiger partial charge in [0.05, 0.1) is 12.2 Å². The Hall–Kier alpha value is -1.20. The van der Waals surface area contributed by atoms with Gasteiger partial charge < -0.3 is 5.32 Å². The Labute approximate surface area is 102 Å². The van der Waals surface area contributed by atoms with Crippen LogP contribution in [0.2, 0.25) is 0 Å². The molecule has 1 saturated carbocycles. The minimum atomic E-state index is 0.772. The lowest BCUT2D eigenvalue weighted by molar-refractivity contribution is 0.273. The molecule has 5 heteroatoms. The second kappa shape index (κ2) is 5.93. The van der Waals surface area contributed by atoms with E-state index in [9.17, 15) is 0 Å². The van der Waals surface area contributed by atoms with E-state index in [2.05, 4.69) is 27.1 Å². The zero-order chi connectivity index (χ0) is 12.1. The van der Waals surface area contributed by atoms with Gasteiger partial charge in [0.15, 0.2) is 0 Å². The normalized spacial score (nSPS) is 15.4. The molecule has 17 heavy (non-hydrogen) atoms. The van der Waals surface area contributed by atoms with Gasteiger partial charge in [-0.1, -0.05) is 11.3 Å². The molecule has 94 valence electrons. The fourth-order valence-electron chi connectivity index (χ4n) is 1.97. The lowest BCUT2D eigenvalue weighted by Gasteiger charge is -2.19. The van der Waals surface area contributed by atoms with Crippen molar-refractivity contribution in [2.45, 2.75) is 32.0 Å². The maximum atomic E-state index is 4.12. The van der Waals surface area contributed by atoms with Crippen molar-refractivity contribution in [1.82, 2.24) is 25.2 Å². The summed E-state index contributed by atoms with van der Waals surface area (Å²) in [5, 5.41) is 11.3. The van der Waals surface area contributed by atoms with E-state index in [1.54, 1.807) is 0 Å². The molecule has 1 fully saturated rings. The molecule has 1 heterocycles. The Kier molecular flexibility index (Phi) is 4.28. The van der Waals surface area contributed by atoms with Gasteiger partial charge in [-0.15, -0.1) is 11.7 Å². The van der Waals surface area contributed by atoms with Gasteiger partial charge in [-0.3, -0.25) is 9.58 Å². The summed E-state index contributed by atoms with van der Waals surface area (Å²) in [7, 11) is 1.91. The maximum Gasteiger partial charge on any atom is 0.0964 e. The van der Waals surface area contributed by atoms with Crippen molar-refractivity contribution in [3.8, 4) is 0 Å². The van der Waals surface area contributed by atoms with E-state index in [4.69, 9.17) is 0 Å². The second-order valence-corrected chi connectivity index (χ2v) is 4.52. The van der Waals surface area contributed by atoms with Crippen LogP contribution in [0.1, 0.15) is 18.5 Å². The molecule has 0 radical (unpaired) electrons. The third-order valence-corrected chi connectivity index (χ3v) is 2.99. The molecule has 0 aliphatic heterocycles. The van der Waals surface area contributed by atoms with Gasteiger partial charge in [0.25, 0.3) is 0 Å². The minimum absolute atomic E-state index is 0.772. The van der Waals surface area contributed by atoms with Crippen LogP contribution in [0.4, 0.5) is 0 Å². The molecule has 2 rings (SSSR count). The number of aromatic nitrogens is 3. The fourth-order valence-corrected chi connectivity index (χ4v) is 1.97. The summed E-state index contributed by atoms with van der Waals surface area (Å²) < 4.78 is 1.92. The zero-order valence-corrected chi connectivity index (χ0v) is 10.5. The van der Waals surface area contributed by atoms with Crippen molar-refractivity contribution in [3.05, 3.63) is 24.5 Å². The average molecular weight is 235 g/mol. The van der Waals surface area contributed by atoms with Crippen molar-refractivity contribution in [2.75, 3.05) is 20.1 Å². The molecule has 0 spiro atoms. The van der Waals surface area contributed by atoms with E-state index in [1.807, 2.05) is 24.0 Å². The number of hydrogen-bond acceptors (Lipinski definition) is 4. The largest absolute Gasteiger partial charge is 0.314 e. The van der Waals surface area contributed by atoms with Gasteiger partial charge in [0.1, 0.15) is 0 Å². The van der Waals surface area contributed by atoms with Crippen LogP contribution in [0.25, 0.3) is 0 Å². The highest BCUT2D eigenvalue weighted by Gasteiger charge is 2.27. The molecule has 0 saturated heterocycles. The Bertz CT molecular complexity index is 356. The first kappa shape index (κ1) is 12.3. The van der Waals surface area contributed by atoms with Crippen molar-refractivity contribution < 1.29 is 0 Å². The third kappa shape index (κ3) is 3.64. The highest BCUT2D eigenvalue weighted by atomic mass is 15.4. The van der Waals surface area contributed by atoms with E-state index >= 15 is 0 Å². The topological polar surface area (TPSA) is 46.0 Å². The van der Waals surface area contributed by atoms with Crippen LogP contribution in [0.3, 0.4) is 0 Å². The first-order valence-electron chi connectivity index (χ1n) is 6.22. The van der Waals surface area contributed by atoms with Crippen LogP contribution >= 0.6 is 0 Å². The Balaban J connectivity index is 1.80. The number of nitrogens with zero attached hydrogens (tertiary/aromatic N) is 4. The Morgan fingerprint density at radius 1 is 1.65 bits per heavy atom. The van der Waals surface area contributed by atoms with Gasteiger partial charge in [0, 0.05) is 31.9 Å². The van der Waals surface area contributed by atoms with Gasteiger partial charge >= 0.3 is 0 Å². The fraction of sp³-hybridized carbons (Fsp3) is 0.667. The molecule has 0 bridgehead atoms. The molecule has 0 amide bonds. The first-order chi connectivity index (χ1) is 8.33. The van der Waals surface area contributed by atoms with Crippen LogP contribution in [-0.2, 0) is 13.1 Å². The van der Waals surface area contributed by atoms with E-state index < -0.39 is 0 Å². The summed E-state index contributed by atoms with van der Waals surface area (Å²) in [5.41, 5.74) is 0.995. The van der Waals surface area contributed by atoms with Crippen LogP contribution in [0, 0.1) is 0 Å². The minimum Gasteiger partial charge on any atom is -0.314 e. The second-order valence-electron chi connectivity index (χ2n) is 4.52. The molecule has 0 unspecified atom stereocenters. The highest BCUT2D eigenvalue weighted by molar-refractivity contribution is 4.92. The molecule has 0 atom stereocenters. The molecule has 0 aromatic carbocycles. The standard InChI is InChI=1S/C12H21N5/c1-3-6-16(12-4-5-12)7-8-17-10-11(9-13-2)14-15-17/h3,10,12-13H,1,4-9H2,2H3. The Morgan fingerprint density at radius 3 is 3.12 bits per heavy atom. The quantitative estimate of drug-likeness (QED) is 0.672. The van der Waals surface area contributed by atoms with Crippen molar-refractivity contribution in [1.29, 1.82) is 0 Å². The molecule has 5 nitrogen and oxygen atoms in total. The number of hydrogen-bond donors (Lipinski definition) is 1.